The maximum Gasteiger partial charge on any atom is 0.416 e. The smallest absolute Gasteiger partial charge is 0.356 e. The van der Waals surface area contributed by atoms with Crippen LogP contribution in [0.4, 0.5) is 13.2 Å². The van der Waals surface area contributed by atoms with Crippen LogP contribution in [0.15, 0.2) is 24.3 Å². The highest BCUT2D eigenvalue weighted by Crippen LogP contribution is 2.30. The van der Waals surface area contributed by atoms with E-state index in [2.05, 4.69) is 5.32 Å². The molecular formula is C12H12F3NO. The van der Waals surface area contributed by atoms with Crippen molar-refractivity contribution in [3.63, 3.8) is 0 Å². The zero-order valence-corrected chi connectivity index (χ0v) is 9.05. The van der Waals surface area contributed by atoms with Gasteiger partial charge in [-0.25, -0.2) is 0 Å². The van der Waals surface area contributed by atoms with Crippen molar-refractivity contribution in [2.24, 2.45) is 5.92 Å². The number of benzene rings is 1. The normalized spacial score (nSPS) is 20.4. The average Bonchev–Trinajstić information content (AvgIpc) is 2.64. The van der Waals surface area contributed by atoms with E-state index >= 15 is 0 Å². The monoisotopic (exact) mass is 243 g/mol. The molecule has 5 heteroatoms. The van der Waals surface area contributed by atoms with Gasteiger partial charge in [0.15, 0.2) is 0 Å². The lowest BCUT2D eigenvalue weighted by Crippen LogP contribution is -2.20. The van der Waals surface area contributed by atoms with Crippen LogP contribution >= 0.6 is 0 Å². The van der Waals surface area contributed by atoms with E-state index in [4.69, 9.17) is 0 Å². The first-order chi connectivity index (χ1) is 7.97. The minimum atomic E-state index is -4.33. The molecule has 1 unspecified atom stereocenters. The summed E-state index contributed by atoms with van der Waals surface area (Å²) >= 11 is 0. The van der Waals surface area contributed by atoms with Gasteiger partial charge in [0.05, 0.1) is 5.56 Å². The highest BCUT2D eigenvalue weighted by atomic mass is 19.4. The maximum absolute atomic E-state index is 12.5. The van der Waals surface area contributed by atoms with Crippen molar-refractivity contribution in [3.05, 3.63) is 35.4 Å². The fraction of sp³-hybridized carbons (Fsp3) is 0.417. The van der Waals surface area contributed by atoms with Crippen LogP contribution in [-0.4, -0.2) is 12.5 Å². The van der Waals surface area contributed by atoms with Crippen LogP contribution in [0.2, 0.25) is 0 Å². The van der Waals surface area contributed by atoms with Gasteiger partial charge in [-0.15, -0.1) is 0 Å². The van der Waals surface area contributed by atoms with Crippen molar-refractivity contribution < 1.29 is 18.0 Å². The molecular weight excluding hydrogens is 231 g/mol. The molecule has 0 saturated carbocycles. The lowest BCUT2D eigenvalue weighted by molar-refractivity contribution is -0.137. The summed E-state index contributed by atoms with van der Waals surface area (Å²) in [6.45, 7) is 0.614. The van der Waals surface area contributed by atoms with Crippen LogP contribution in [0.5, 0.6) is 0 Å². The molecule has 1 aliphatic heterocycles. The highest BCUT2D eigenvalue weighted by Gasteiger charge is 2.31. The summed E-state index contributed by atoms with van der Waals surface area (Å²) in [7, 11) is 0. The third-order valence-corrected chi connectivity index (χ3v) is 2.90. The minimum absolute atomic E-state index is 0.0672. The summed E-state index contributed by atoms with van der Waals surface area (Å²) < 4.78 is 37.4. The Morgan fingerprint density at radius 1 is 1.35 bits per heavy atom. The van der Waals surface area contributed by atoms with E-state index in [-0.39, 0.29) is 11.8 Å². The van der Waals surface area contributed by atoms with Crippen molar-refractivity contribution in [3.8, 4) is 0 Å². The van der Waals surface area contributed by atoms with E-state index in [1.165, 1.54) is 6.07 Å². The first-order valence-electron chi connectivity index (χ1n) is 5.40. The Bertz CT molecular complexity index is 428. The van der Waals surface area contributed by atoms with Crippen molar-refractivity contribution in [2.45, 2.75) is 19.0 Å². The second-order valence-electron chi connectivity index (χ2n) is 4.18. The van der Waals surface area contributed by atoms with Gasteiger partial charge in [0.25, 0.3) is 0 Å². The summed E-state index contributed by atoms with van der Waals surface area (Å²) in [6.07, 6.45) is -3.27. The van der Waals surface area contributed by atoms with Crippen molar-refractivity contribution in [2.75, 3.05) is 6.54 Å². The Morgan fingerprint density at radius 2 is 2.12 bits per heavy atom. The second-order valence-corrected chi connectivity index (χ2v) is 4.18. The number of carbonyl (C=O) groups is 1. The lowest BCUT2D eigenvalue weighted by atomic mass is 9.97. The SMILES string of the molecule is O=C1NCCC1Cc1cccc(C(F)(F)F)c1. The Morgan fingerprint density at radius 3 is 2.71 bits per heavy atom. The number of hydrogen-bond acceptors (Lipinski definition) is 1. The van der Waals surface area contributed by atoms with E-state index in [0.717, 1.165) is 12.1 Å². The van der Waals surface area contributed by atoms with Gasteiger partial charge < -0.3 is 5.32 Å². The molecule has 0 aliphatic carbocycles. The summed E-state index contributed by atoms with van der Waals surface area (Å²) in [5.74, 6) is -0.263. The van der Waals surface area contributed by atoms with Crippen LogP contribution in [0.1, 0.15) is 17.5 Å². The van der Waals surface area contributed by atoms with Gasteiger partial charge in [0, 0.05) is 12.5 Å². The first-order valence-corrected chi connectivity index (χ1v) is 5.40. The molecule has 1 amide bonds. The zero-order valence-electron chi connectivity index (χ0n) is 9.05. The van der Waals surface area contributed by atoms with Crippen LogP contribution < -0.4 is 5.32 Å². The Hall–Kier alpha value is -1.52. The molecule has 1 atom stereocenters. The minimum Gasteiger partial charge on any atom is -0.356 e. The van der Waals surface area contributed by atoms with Crippen LogP contribution in [0.3, 0.4) is 0 Å². The molecule has 0 radical (unpaired) electrons. The summed E-state index contributed by atoms with van der Waals surface area (Å²) in [5.41, 5.74) is -0.102. The van der Waals surface area contributed by atoms with Crippen molar-refractivity contribution in [1.82, 2.24) is 5.32 Å². The molecule has 1 aliphatic rings. The molecule has 2 rings (SSSR count). The summed E-state index contributed by atoms with van der Waals surface area (Å²) in [5, 5.41) is 2.67. The Labute approximate surface area is 96.8 Å². The first kappa shape index (κ1) is 12.0. The fourth-order valence-corrected chi connectivity index (χ4v) is 2.00. The number of rotatable bonds is 2. The zero-order chi connectivity index (χ0) is 12.5. The summed E-state index contributed by atoms with van der Waals surface area (Å²) in [4.78, 5) is 11.3. The van der Waals surface area contributed by atoms with E-state index in [0.29, 0.717) is 24.9 Å². The van der Waals surface area contributed by atoms with Crippen LogP contribution in [0, 0.1) is 5.92 Å². The standard InChI is InChI=1S/C12H12F3NO/c13-12(14,15)10-3-1-2-8(7-10)6-9-4-5-16-11(9)17/h1-3,7,9H,4-6H2,(H,16,17). The van der Waals surface area contributed by atoms with Gasteiger partial charge in [-0.1, -0.05) is 18.2 Å². The van der Waals surface area contributed by atoms with Gasteiger partial charge in [-0.05, 0) is 24.5 Å². The Balaban J connectivity index is 2.14. The molecule has 1 fully saturated rings. The largest absolute Gasteiger partial charge is 0.416 e. The predicted molar refractivity (Wildman–Crippen MR) is 56.3 cm³/mol. The quantitative estimate of drug-likeness (QED) is 0.849. The van der Waals surface area contributed by atoms with E-state index in [9.17, 15) is 18.0 Å². The topological polar surface area (TPSA) is 29.1 Å². The number of amides is 1. The third-order valence-electron chi connectivity index (χ3n) is 2.90. The number of nitrogens with one attached hydrogen (secondary N) is 1. The molecule has 17 heavy (non-hydrogen) atoms. The molecule has 1 saturated heterocycles. The Kier molecular flexibility index (Phi) is 3.09. The molecule has 2 nitrogen and oxygen atoms in total. The van der Waals surface area contributed by atoms with Gasteiger partial charge in [0.1, 0.15) is 0 Å². The highest BCUT2D eigenvalue weighted by molar-refractivity contribution is 5.80. The van der Waals surface area contributed by atoms with E-state index < -0.39 is 11.7 Å². The van der Waals surface area contributed by atoms with Gasteiger partial charge >= 0.3 is 6.18 Å². The summed E-state index contributed by atoms with van der Waals surface area (Å²) in [6, 6.07) is 5.16. The third kappa shape index (κ3) is 2.78. The molecule has 1 heterocycles. The van der Waals surface area contributed by atoms with E-state index in [1.54, 1.807) is 6.07 Å². The molecule has 1 aromatic rings. The molecule has 0 aromatic heterocycles. The number of alkyl halides is 3. The fourth-order valence-electron chi connectivity index (χ4n) is 2.00. The average molecular weight is 243 g/mol. The number of halogens is 3. The maximum atomic E-state index is 12.5. The number of hydrogen-bond donors (Lipinski definition) is 1. The molecule has 0 spiro atoms. The lowest BCUT2D eigenvalue weighted by Gasteiger charge is -2.10. The van der Waals surface area contributed by atoms with Gasteiger partial charge in [-0.2, -0.15) is 13.2 Å². The molecule has 92 valence electrons. The van der Waals surface area contributed by atoms with Gasteiger partial charge in [0.2, 0.25) is 5.91 Å². The molecule has 1 N–H and O–H groups in total. The second kappa shape index (κ2) is 4.39. The van der Waals surface area contributed by atoms with Crippen molar-refractivity contribution in [1.29, 1.82) is 0 Å². The van der Waals surface area contributed by atoms with Crippen molar-refractivity contribution >= 4 is 5.91 Å². The van der Waals surface area contributed by atoms with Crippen LogP contribution in [-0.2, 0) is 17.4 Å². The van der Waals surface area contributed by atoms with Crippen LogP contribution in [0.25, 0.3) is 0 Å². The van der Waals surface area contributed by atoms with E-state index in [1.807, 2.05) is 0 Å². The molecule has 0 bridgehead atoms. The van der Waals surface area contributed by atoms with Gasteiger partial charge in [-0.3, -0.25) is 4.79 Å². The number of carbonyl (C=O) groups excluding carboxylic acids is 1. The predicted octanol–water partition coefficient (Wildman–Crippen LogP) is 2.38. The molecule has 1 aromatic carbocycles.